The second-order valence-corrected chi connectivity index (χ2v) is 5.05. The summed E-state index contributed by atoms with van der Waals surface area (Å²) in [7, 11) is -4.02. The molecule has 0 radical (unpaired) electrons. The van der Waals surface area contributed by atoms with Gasteiger partial charge in [-0.15, -0.1) is 0 Å². The minimum atomic E-state index is -4.02. The Labute approximate surface area is 134 Å². The molecule has 0 bridgehead atoms. The quantitative estimate of drug-likeness (QED) is 0.271. The molecule has 0 heterocycles. The van der Waals surface area contributed by atoms with Crippen molar-refractivity contribution in [2.24, 2.45) is 0 Å². The van der Waals surface area contributed by atoms with E-state index in [1.807, 2.05) is 0 Å². The van der Waals surface area contributed by atoms with Crippen LogP contribution in [0.2, 0.25) is 0 Å². The van der Waals surface area contributed by atoms with Gasteiger partial charge in [0.05, 0.1) is 19.3 Å². The Balaban J connectivity index is 0. The molecule has 0 aliphatic heterocycles. The average Bonchev–Trinajstić information content (AvgIpc) is 2.34. The van der Waals surface area contributed by atoms with Gasteiger partial charge in [0.25, 0.3) is 0 Å². The average molecular weight is 310 g/mol. The number of aliphatic carboxylic acids is 1. The van der Waals surface area contributed by atoms with E-state index < -0.39 is 26.5 Å². The van der Waals surface area contributed by atoms with Gasteiger partial charge < -0.3 is 15.3 Å². The van der Waals surface area contributed by atoms with Crippen LogP contribution in [0.4, 0.5) is 0 Å². The molecule has 0 aromatic heterocycles. The molecular weight excluding hydrogens is 290 g/mol. The van der Waals surface area contributed by atoms with Gasteiger partial charge in [-0.1, -0.05) is 6.92 Å². The molecule has 0 aliphatic carbocycles. The molecule has 8 nitrogen and oxygen atoms in total. The summed E-state index contributed by atoms with van der Waals surface area (Å²) in [5.41, 5.74) is 0. The van der Waals surface area contributed by atoms with Crippen LogP contribution in [0, 0.1) is 0 Å². The summed E-state index contributed by atoms with van der Waals surface area (Å²) in [4.78, 5) is 10.3. The van der Waals surface area contributed by atoms with E-state index in [4.69, 9.17) is 19.3 Å². The van der Waals surface area contributed by atoms with E-state index in [1.54, 1.807) is 6.92 Å². The molecule has 0 spiro atoms. The summed E-state index contributed by atoms with van der Waals surface area (Å²) >= 11 is 0. The topological polar surface area (TPSA) is 123 Å². The Morgan fingerprint density at radius 3 is 2.42 bits per heavy atom. The van der Waals surface area contributed by atoms with Crippen LogP contribution in [0.3, 0.4) is 0 Å². The molecule has 0 aliphatic rings. The summed E-state index contributed by atoms with van der Waals surface area (Å²) in [5, 5.41) is 26.2. The normalized spacial score (nSPS) is 15.3. The summed E-state index contributed by atoms with van der Waals surface area (Å²) in [6, 6.07) is 0. The number of carboxylic acid groups (broad SMARTS) is 1. The molecule has 110 valence electrons. The first-order valence-corrected chi connectivity index (χ1v) is 6.94. The molecule has 0 fully saturated rings. The van der Waals surface area contributed by atoms with Gasteiger partial charge in [-0.05, 0) is 12.8 Å². The summed E-state index contributed by atoms with van der Waals surface area (Å²) in [6.45, 7) is 0.307. The molecule has 0 aromatic rings. The molecule has 19 heavy (non-hydrogen) atoms. The SMILES string of the molecule is CCC(O)COP(=O)(OCCCO)OCC(=O)O.[NaH]. The van der Waals surface area contributed by atoms with Gasteiger partial charge in [0.1, 0.15) is 0 Å². The van der Waals surface area contributed by atoms with Crippen LogP contribution in [0.1, 0.15) is 19.8 Å². The van der Waals surface area contributed by atoms with Crippen LogP contribution < -0.4 is 0 Å². The van der Waals surface area contributed by atoms with Crippen molar-refractivity contribution in [2.75, 3.05) is 26.4 Å². The number of aliphatic hydroxyl groups excluding tert-OH is 2. The fourth-order valence-corrected chi connectivity index (χ4v) is 1.98. The molecule has 0 saturated heterocycles. The number of carboxylic acids is 1. The fraction of sp³-hybridized carbons (Fsp3) is 0.889. The van der Waals surface area contributed by atoms with Gasteiger partial charge in [-0.2, -0.15) is 0 Å². The molecule has 0 aromatic carbocycles. The molecule has 2 atom stereocenters. The van der Waals surface area contributed by atoms with Gasteiger partial charge >= 0.3 is 43.3 Å². The summed E-state index contributed by atoms with van der Waals surface area (Å²) < 4.78 is 26.0. The standard InChI is InChI=1S/C9H19O8P.Na.H/c1-2-8(11)6-16-18(14,15-5-3-4-10)17-7-9(12)13;;/h8,10-11H,2-7H2,1H3,(H,12,13);;. The maximum atomic E-state index is 11.9. The van der Waals surface area contributed by atoms with E-state index in [9.17, 15) is 14.5 Å². The number of hydrogen-bond donors (Lipinski definition) is 3. The molecule has 3 N–H and O–H groups in total. The maximum absolute atomic E-state index is 11.9. The van der Waals surface area contributed by atoms with Crippen LogP contribution in [0.5, 0.6) is 0 Å². The van der Waals surface area contributed by atoms with Crippen LogP contribution in [-0.2, 0) is 22.9 Å². The van der Waals surface area contributed by atoms with Crippen molar-refractivity contribution in [2.45, 2.75) is 25.9 Å². The van der Waals surface area contributed by atoms with Gasteiger partial charge in [-0.25, -0.2) is 9.36 Å². The molecule has 2 unspecified atom stereocenters. The number of phosphoric ester groups is 1. The van der Waals surface area contributed by atoms with Crippen molar-refractivity contribution < 1.29 is 38.3 Å². The Morgan fingerprint density at radius 1 is 1.32 bits per heavy atom. The van der Waals surface area contributed by atoms with Crippen molar-refractivity contribution in [3.05, 3.63) is 0 Å². The Kier molecular flexibility index (Phi) is 14.1. The van der Waals surface area contributed by atoms with E-state index >= 15 is 0 Å². The minimum absolute atomic E-state index is 0. The van der Waals surface area contributed by atoms with Crippen molar-refractivity contribution in [1.29, 1.82) is 0 Å². The third-order valence-electron chi connectivity index (χ3n) is 1.79. The zero-order valence-electron chi connectivity index (χ0n) is 10.2. The van der Waals surface area contributed by atoms with E-state index in [-0.39, 0.29) is 55.8 Å². The first-order chi connectivity index (χ1) is 8.43. The third kappa shape index (κ3) is 12.0. The zero-order chi connectivity index (χ0) is 14.0. The van der Waals surface area contributed by atoms with Crippen molar-refractivity contribution in [1.82, 2.24) is 0 Å². The Bertz CT molecular complexity index is 287. The van der Waals surface area contributed by atoms with E-state index in [2.05, 4.69) is 4.52 Å². The van der Waals surface area contributed by atoms with Crippen LogP contribution in [0.15, 0.2) is 0 Å². The monoisotopic (exact) mass is 310 g/mol. The van der Waals surface area contributed by atoms with E-state index in [0.717, 1.165) is 0 Å². The number of aliphatic hydroxyl groups is 2. The molecule has 0 amide bonds. The molecule has 10 heteroatoms. The number of carbonyl (C=O) groups is 1. The summed E-state index contributed by atoms with van der Waals surface area (Å²) in [5.74, 6) is -1.32. The number of rotatable bonds is 11. The van der Waals surface area contributed by atoms with Crippen molar-refractivity contribution in [3.8, 4) is 0 Å². The molecular formula is C9H20NaO8P. The van der Waals surface area contributed by atoms with Crippen LogP contribution >= 0.6 is 7.82 Å². The van der Waals surface area contributed by atoms with Gasteiger partial charge in [0.2, 0.25) is 0 Å². The molecule has 0 rings (SSSR count). The summed E-state index contributed by atoms with van der Waals surface area (Å²) in [6.07, 6.45) is -0.247. The first-order valence-electron chi connectivity index (χ1n) is 5.48. The number of hydrogen-bond acceptors (Lipinski definition) is 7. The van der Waals surface area contributed by atoms with E-state index in [1.165, 1.54) is 0 Å². The third-order valence-corrected chi connectivity index (χ3v) is 3.20. The van der Waals surface area contributed by atoms with E-state index in [0.29, 0.717) is 6.42 Å². The fourth-order valence-electron chi connectivity index (χ4n) is 0.782. The first kappa shape index (κ1) is 21.8. The predicted octanol–water partition coefficient (Wildman–Crippen LogP) is -0.266. The zero-order valence-corrected chi connectivity index (χ0v) is 11.0. The predicted molar refractivity (Wildman–Crippen MR) is 68.2 cm³/mol. The Morgan fingerprint density at radius 2 is 1.95 bits per heavy atom. The van der Waals surface area contributed by atoms with Crippen molar-refractivity contribution >= 4 is 43.3 Å². The second-order valence-electron chi connectivity index (χ2n) is 3.38. The van der Waals surface area contributed by atoms with Gasteiger partial charge in [0, 0.05) is 6.61 Å². The van der Waals surface area contributed by atoms with Crippen molar-refractivity contribution in [3.63, 3.8) is 0 Å². The van der Waals surface area contributed by atoms with Crippen LogP contribution in [-0.4, -0.2) is 83.4 Å². The second kappa shape index (κ2) is 12.3. The molecule has 0 saturated carbocycles. The Hall–Kier alpha value is 0.500. The van der Waals surface area contributed by atoms with Gasteiger partial charge in [0.15, 0.2) is 6.61 Å². The number of phosphoric acid groups is 1. The van der Waals surface area contributed by atoms with Gasteiger partial charge in [-0.3, -0.25) is 13.6 Å². The van der Waals surface area contributed by atoms with Crippen LogP contribution in [0.25, 0.3) is 0 Å².